The van der Waals surface area contributed by atoms with Gasteiger partial charge in [-0.05, 0) is 49.2 Å². The van der Waals surface area contributed by atoms with Gasteiger partial charge in [0.1, 0.15) is 0 Å². The molecule has 0 aliphatic rings. The van der Waals surface area contributed by atoms with Crippen LogP contribution in [0.4, 0.5) is 0 Å². The van der Waals surface area contributed by atoms with Crippen LogP contribution in [-0.4, -0.2) is 22.6 Å². The molecule has 0 fully saturated rings. The third-order valence-corrected chi connectivity index (χ3v) is 5.84. The summed E-state index contributed by atoms with van der Waals surface area (Å²) in [4.78, 5) is 18.1. The lowest BCUT2D eigenvalue weighted by Gasteiger charge is -2.17. The zero-order valence-electron chi connectivity index (χ0n) is 15.7. The zero-order valence-corrected chi connectivity index (χ0v) is 17.3. The third-order valence-electron chi connectivity index (χ3n) is 4.59. The van der Waals surface area contributed by atoms with E-state index in [1.54, 1.807) is 23.7 Å². The van der Waals surface area contributed by atoms with Crippen molar-refractivity contribution < 1.29 is 9.47 Å². The minimum Gasteiger partial charge on any atom is -0.493 e. The Morgan fingerprint density at radius 3 is 2.86 bits per heavy atom. The van der Waals surface area contributed by atoms with Crippen molar-refractivity contribution in [1.29, 1.82) is 0 Å². The second kappa shape index (κ2) is 7.45. The highest BCUT2D eigenvalue weighted by Crippen LogP contribution is 2.37. The van der Waals surface area contributed by atoms with E-state index >= 15 is 0 Å². The smallest absolute Gasteiger partial charge is 0.274 e. The van der Waals surface area contributed by atoms with Gasteiger partial charge >= 0.3 is 0 Å². The number of ether oxygens (including phenoxy) is 2. The van der Waals surface area contributed by atoms with E-state index in [4.69, 9.17) is 21.1 Å². The van der Waals surface area contributed by atoms with Gasteiger partial charge in [-0.2, -0.15) is 0 Å². The molecule has 2 aromatic carbocycles. The second-order valence-electron chi connectivity index (χ2n) is 6.51. The zero-order chi connectivity index (χ0) is 19.8. The number of nitrogens with zero attached hydrogens (tertiary/aromatic N) is 2. The highest BCUT2D eigenvalue weighted by Gasteiger charge is 2.15. The lowest BCUT2D eigenvalue weighted by Crippen LogP contribution is -2.22. The summed E-state index contributed by atoms with van der Waals surface area (Å²) in [5, 5.41) is 0.449. The van der Waals surface area contributed by atoms with Gasteiger partial charge in [0.15, 0.2) is 16.5 Å². The lowest BCUT2D eigenvalue weighted by molar-refractivity contribution is 0.208. The summed E-state index contributed by atoms with van der Waals surface area (Å²) in [6, 6.07) is 11.2. The monoisotopic (exact) mass is 414 g/mol. The normalized spacial score (nSPS) is 13.4. The number of aromatic nitrogens is 2. The fraction of sp³-hybridized carbons (Fsp3) is 0.238. The van der Waals surface area contributed by atoms with Gasteiger partial charge in [0, 0.05) is 0 Å². The predicted molar refractivity (Wildman–Crippen MR) is 114 cm³/mol. The van der Waals surface area contributed by atoms with Crippen molar-refractivity contribution in [3.05, 3.63) is 61.9 Å². The maximum absolute atomic E-state index is 12.9. The Balaban J connectivity index is 1.84. The van der Waals surface area contributed by atoms with Crippen LogP contribution in [0.1, 0.15) is 25.8 Å². The molecule has 7 heteroatoms. The maximum atomic E-state index is 12.9. The molecule has 2 aromatic heterocycles. The highest BCUT2D eigenvalue weighted by atomic mass is 35.5. The summed E-state index contributed by atoms with van der Waals surface area (Å²) in [6.45, 7) is 4.02. The van der Waals surface area contributed by atoms with Crippen molar-refractivity contribution in [2.24, 2.45) is 0 Å². The van der Waals surface area contributed by atoms with E-state index in [9.17, 15) is 4.79 Å². The Labute approximate surface area is 170 Å². The first-order chi connectivity index (χ1) is 13.5. The van der Waals surface area contributed by atoms with Crippen molar-refractivity contribution >= 4 is 45.0 Å². The first-order valence-corrected chi connectivity index (χ1v) is 10.2. The van der Waals surface area contributed by atoms with E-state index in [0.29, 0.717) is 26.0 Å². The number of hydrogen-bond acceptors (Lipinski definition) is 5. The standard InChI is InChI=1S/C21H19ClN2O3S/c1-4-12(2)27-19-14(22)9-13(10-17(19)26-3)11-18-20(25)24-16-8-6-5-7-15(16)23-21(24)28-18/h5-12H,4H2,1-3H3/b18-11-/t12-/m0/s1. The highest BCUT2D eigenvalue weighted by molar-refractivity contribution is 7.15. The van der Waals surface area contributed by atoms with Crippen molar-refractivity contribution in [1.82, 2.24) is 9.38 Å². The molecule has 0 radical (unpaired) electrons. The third kappa shape index (κ3) is 3.23. The van der Waals surface area contributed by atoms with E-state index in [0.717, 1.165) is 23.0 Å². The van der Waals surface area contributed by atoms with Gasteiger partial charge in [-0.25, -0.2) is 9.38 Å². The fourth-order valence-corrected chi connectivity index (χ4v) is 4.24. The van der Waals surface area contributed by atoms with Gasteiger partial charge in [0.05, 0.1) is 33.8 Å². The number of hydrogen-bond donors (Lipinski definition) is 0. The summed E-state index contributed by atoms with van der Waals surface area (Å²) in [7, 11) is 1.57. The molecule has 0 N–H and O–H groups in total. The SMILES string of the molecule is CC[C@H](C)Oc1c(Cl)cc(/C=c2\sc3nc4ccccc4n3c2=O)cc1OC. The van der Waals surface area contributed by atoms with Gasteiger partial charge in [0.2, 0.25) is 0 Å². The van der Waals surface area contributed by atoms with E-state index in [1.165, 1.54) is 11.3 Å². The summed E-state index contributed by atoms with van der Waals surface area (Å²) in [5.41, 5.74) is 2.30. The molecule has 1 atom stereocenters. The van der Waals surface area contributed by atoms with Crippen molar-refractivity contribution in [3.63, 3.8) is 0 Å². The Hall–Kier alpha value is -2.57. The van der Waals surface area contributed by atoms with Gasteiger partial charge in [-0.15, -0.1) is 0 Å². The van der Waals surface area contributed by atoms with Gasteiger partial charge < -0.3 is 9.47 Å². The van der Waals surface area contributed by atoms with Crippen LogP contribution < -0.4 is 19.6 Å². The molecular weight excluding hydrogens is 396 g/mol. The van der Waals surface area contributed by atoms with Crippen LogP contribution in [0.25, 0.3) is 22.1 Å². The largest absolute Gasteiger partial charge is 0.493 e. The first-order valence-electron chi connectivity index (χ1n) is 8.97. The fourth-order valence-electron chi connectivity index (χ4n) is 2.99. The molecule has 0 unspecified atom stereocenters. The van der Waals surface area contributed by atoms with Crippen LogP contribution >= 0.6 is 22.9 Å². The Bertz CT molecular complexity index is 1280. The number of rotatable bonds is 5. The molecule has 144 valence electrons. The number of fused-ring (bicyclic) bond motifs is 3. The number of para-hydroxylation sites is 2. The molecule has 0 spiro atoms. The summed E-state index contributed by atoms with van der Waals surface area (Å²) in [5.74, 6) is 1.06. The molecule has 5 nitrogen and oxygen atoms in total. The molecule has 0 bridgehead atoms. The molecular formula is C21H19ClN2O3S. The molecule has 0 amide bonds. The van der Waals surface area contributed by atoms with Crippen LogP contribution in [0, 0.1) is 0 Å². The second-order valence-corrected chi connectivity index (χ2v) is 7.92. The Kier molecular flexibility index (Phi) is 5.00. The molecule has 4 rings (SSSR count). The minimum absolute atomic E-state index is 0.0211. The van der Waals surface area contributed by atoms with Crippen LogP contribution in [0.5, 0.6) is 11.5 Å². The van der Waals surface area contributed by atoms with E-state index in [1.807, 2.05) is 44.2 Å². The number of imidazole rings is 1. The van der Waals surface area contributed by atoms with Gasteiger partial charge in [-0.1, -0.05) is 42.0 Å². The molecule has 28 heavy (non-hydrogen) atoms. The minimum atomic E-state index is -0.0938. The number of benzene rings is 2. The molecule has 0 saturated carbocycles. The van der Waals surface area contributed by atoms with Crippen LogP contribution in [-0.2, 0) is 0 Å². The van der Waals surface area contributed by atoms with E-state index < -0.39 is 0 Å². The van der Waals surface area contributed by atoms with Crippen LogP contribution in [0.3, 0.4) is 0 Å². The predicted octanol–water partition coefficient (Wildman–Crippen LogP) is 4.30. The number of halogens is 1. The molecule has 2 heterocycles. The number of methoxy groups -OCH3 is 1. The van der Waals surface area contributed by atoms with Crippen LogP contribution in [0.2, 0.25) is 5.02 Å². The molecule has 4 aromatic rings. The van der Waals surface area contributed by atoms with E-state index in [-0.39, 0.29) is 11.7 Å². The van der Waals surface area contributed by atoms with Crippen molar-refractivity contribution in [2.75, 3.05) is 7.11 Å². The Morgan fingerprint density at radius 1 is 1.32 bits per heavy atom. The topological polar surface area (TPSA) is 52.8 Å². The number of thiazole rings is 1. The summed E-state index contributed by atoms with van der Waals surface area (Å²) < 4.78 is 13.6. The quantitative estimate of drug-likeness (QED) is 0.488. The Morgan fingerprint density at radius 2 is 2.11 bits per heavy atom. The summed E-state index contributed by atoms with van der Waals surface area (Å²) >= 11 is 7.79. The summed E-state index contributed by atoms with van der Waals surface area (Å²) in [6.07, 6.45) is 2.68. The van der Waals surface area contributed by atoms with Crippen molar-refractivity contribution in [2.45, 2.75) is 26.4 Å². The molecule has 0 aliphatic heterocycles. The average molecular weight is 415 g/mol. The van der Waals surface area contributed by atoms with E-state index in [2.05, 4.69) is 4.98 Å². The van der Waals surface area contributed by atoms with Crippen LogP contribution in [0.15, 0.2) is 41.2 Å². The average Bonchev–Trinajstić information content (AvgIpc) is 3.19. The van der Waals surface area contributed by atoms with Gasteiger partial charge in [-0.3, -0.25) is 4.79 Å². The van der Waals surface area contributed by atoms with Crippen molar-refractivity contribution in [3.8, 4) is 11.5 Å². The molecule has 0 aliphatic carbocycles. The maximum Gasteiger partial charge on any atom is 0.274 e. The first kappa shape index (κ1) is 18.8. The van der Waals surface area contributed by atoms with Gasteiger partial charge in [0.25, 0.3) is 5.56 Å². The molecule has 0 saturated heterocycles. The lowest BCUT2D eigenvalue weighted by atomic mass is 10.2.